The van der Waals surface area contributed by atoms with Gasteiger partial charge in [0.2, 0.25) is 5.91 Å². The van der Waals surface area contributed by atoms with E-state index in [0.29, 0.717) is 18.0 Å². The fourth-order valence-corrected chi connectivity index (χ4v) is 1.30. The van der Waals surface area contributed by atoms with E-state index in [-0.39, 0.29) is 5.91 Å². The zero-order valence-electron chi connectivity index (χ0n) is 9.52. The van der Waals surface area contributed by atoms with Crippen molar-refractivity contribution in [3.63, 3.8) is 0 Å². The van der Waals surface area contributed by atoms with Gasteiger partial charge < -0.3 is 10.6 Å². The lowest BCUT2D eigenvalue weighted by Crippen LogP contribution is -2.39. The molecule has 0 aromatic carbocycles. The second-order valence-corrected chi connectivity index (χ2v) is 4.79. The van der Waals surface area contributed by atoms with Gasteiger partial charge in [0.1, 0.15) is 0 Å². The third-order valence-corrected chi connectivity index (χ3v) is 2.96. The van der Waals surface area contributed by atoms with Gasteiger partial charge in [0.15, 0.2) is 0 Å². The fraction of sp³-hybridized carbons (Fsp3) is 0.909. The highest BCUT2D eigenvalue weighted by Crippen LogP contribution is 2.43. The number of carbonyl (C=O) groups excluding carboxylic acids is 1. The molecule has 0 spiro atoms. The molecule has 1 unspecified atom stereocenters. The molecule has 1 saturated carbocycles. The third-order valence-electron chi connectivity index (χ3n) is 2.96. The van der Waals surface area contributed by atoms with Crippen LogP contribution in [0.15, 0.2) is 0 Å². The van der Waals surface area contributed by atoms with Crippen molar-refractivity contribution in [1.29, 1.82) is 0 Å². The molecule has 1 fully saturated rings. The largest absolute Gasteiger partial charge is 0.353 e. The van der Waals surface area contributed by atoms with E-state index in [1.807, 2.05) is 6.92 Å². The van der Waals surface area contributed by atoms with E-state index in [1.54, 1.807) is 0 Å². The Bertz CT molecular complexity index is 199. The second kappa shape index (κ2) is 4.78. The third kappa shape index (κ3) is 4.09. The summed E-state index contributed by atoms with van der Waals surface area (Å²) >= 11 is 0. The van der Waals surface area contributed by atoms with Gasteiger partial charge in [-0.3, -0.25) is 4.79 Å². The smallest absolute Gasteiger partial charge is 0.234 e. The van der Waals surface area contributed by atoms with Crippen LogP contribution in [0.2, 0.25) is 0 Å². The summed E-state index contributed by atoms with van der Waals surface area (Å²) in [7, 11) is 0. The summed E-state index contributed by atoms with van der Waals surface area (Å²) in [6, 6.07) is 0.292. The monoisotopic (exact) mass is 198 g/mol. The molecule has 0 aliphatic heterocycles. The molecule has 0 bridgehead atoms. The van der Waals surface area contributed by atoms with Gasteiger partial charge in [-0.05, 0) is 31.6 Å². The fourth-order valence-electron chi connectivity index (χ4n) is 1.30. The van der Waals surface area contributed by atoms with Crippen molar-refractivity contribution in [1.82, 2.24) is 10.6 Å². The van der Waals surface area contributed by atoms with E-state index < -0.39 is 0 Å². The highest BCUT2D eigenvalue weighted by Gasteiger charge is 2.36. The minimum absolute atomic E-state index is 0.114. The van der Waals surface area contributed by atoms with Crippen LogP contribution in [-0.4, -0.2) is 25.0 Å². The van der Waals surface area contributed by atoms with Gasteiger partial charge in [-0.25, -0.2) is 0 Å². The molecule has 0 heterocycles. The number of hydrogen-bond donors (Lipinski definition) is 2. The number of carbonyl (C=O) groups is 1. The van der Waals surface area contributed by atoms with Gasteiger partial charge in [0.25, 0.3) is 0 Å². The SMILES string of the molecule is CCC(C)NC(=O)CNCC1(C)CC1. The van der Waals surface area contributed by atoms with Crippen molar-refractivity contribution in [2.75, 3.05) is 13.1 Å². The van der Waals surface area contributed by atoms with Crippen LogP contribution in [0.25, 0.3) is 0 Å². The van der Waals surface area contributed by atoms with Crippen LogP contribution in [0.4, 0.5) is 0 Å². The van der Waals surface area contributed by atoms with Gasteiger partial charge in [0.05, 0.1) is 6.54 Å². The highest BCUT2D eigenvalue weighted by atomic mass is 16.1. The van der Waals surface area contributed by atoms with Crippen LogP contribution in [-0.2, 0) is 4.79 Å². The van der Waals surface area contributed by atoms with Crippen LogP contribution < -0.4 is 10.6 Å². The Kier molecular flexibility index (Phi) is 3.93. The molecule has 14 heavy (non-hydrogen) atoms. The first-order valence-corrected chi connectivity index (χ1v) is 5.56. The lowest BCUT2D eigenvalue weighted by atomic mass is 10.1. The summed E-state index contributed by atoms with van der Waals surface area (Å²) in [6.07, 6.45) is 3.59. The van der Waals surface area contributed by atoms with E-state index in [4.69, 9.17) is 0 Å². The molecule has 0 aromatic heterocycles. The minimum Gasteiger partial charge on any atom is -0.353 e. The summed E-state index contributed by atoms with van der Waals surface area (Å²) < 4.78 is 0. The first-order chi connectivity index (χ1) is 6.56. The summed E-state index contributed by atoms with van der Waals surface area (Å²) in [5, 5.41) is 6.14. The number of rotatable bonds is 6. The van der Waals surface area contributed by atoms with Gasteiger partial charge in [0, 0.05) is 12.6 Å². The Hall–Kier alpha value is -0.570. The number of nitrogens with one attached hydrogen (secondary N) is 2. The standard InChI is InChI=1S/C11H22N2O/c1-4-9(2)13-10(14)7-12-8-11(3)5-6-11/h9,12H,4-8H2,1-3H3,(H,13,14). The molecule has 1 amide bonds. The molecule has 1 rings (SSSR count). The van der Waals surface area contributed by atoms with Crippen molar-refractivity contribution in [3.8, 4) is 0 Å². The molecule has 3 nitrogen and oxygen atoms in total. The maximum Gasteiger partial charge on any atom is 0.234 e. The quantitative estimate of drug-likeness (QED) is 0.675. The second-order valence-electron chi connectivity index (χ2n) is 4.79. The zero-order valence-corrected chi connectivity index (χ0v) is 9.52. The number of amides is 1. The number of hydrogen-bond acceptors (Lipinski definition) is 2. The van der Waals surface area contributed by atoms with Crippen LogP contribution in [0.3, 0.4) is 0 Å². The Balaban J connectivity index is 2.03. The average Bonchev–Trinajstić information content (AvgIpc) is 2.83. The molecule has 0 aromatic rings. The average molecular weight is 198 g/mol. The molecule has 1 atom stereocenters. The summed E-state index contributed by atoms with van der Waals surface area (Å²) in [4.78, 5) is 11.3. The molecule has 0 saturated heterocycles. The Morgan fingerprint density at radius 2 is 2.14 bits per heavy atom. The van der Waals surface area contributed by atoms with Crippen molar-refractivity contribution < 1.29 is 4.79 Å². The van der Waals surface area contributed by atoms with Crippen molar-refractivity contribution >= 4 is 5.91 Å². The molecule has 0 radical (unpaired) electrons. The first kappa shape index (κ1) is 11.5. The van der Waals surface area contributed by atoms with Crippen LogP contribution in [0.5, 0.6) is 0 Å². The zero-order chi connectivity index (χ0) is 10.6. The van der Waals surface area contributed by atoms with Crippen molar-refractivity contribution in [2.24, 2.45) is 5.41 Å². The lowest BCUT2D eigenvalue weighted by molar-refractivity contribution is -0.120. The van der Waals surface area contributed by atoms with E-state index in [2.05, 4.69) is 24.5 Å². The maximum atomic E-state index is 11.3. The molecule has 2 N–H and O–H groups in total. The van der Waals surface area contributed by atoms with E-state index in [9.17, 15) is 4.79 Å². The van der Waals surface area contributed by atoms with Gasteiger partial charge in [-0.2, -0.15) is 0 Å². The Labute approximate surface area is 86.6 Å². The molecule has 1 aliphatic rings. The van der Waals surface area contributed by atoms with E-state index in [1.165, 1.54) is 12.8 Å². The van der Waals surface area contributed by atoms with Crippen molar-refractivity contribution in [3.05, 3.63) is 0 Å². The summed E-state index contributed by atoms with van der Waals surface area (Å²) in [5.41, 5.74) is 0.483. The Morgan fingerprint density at radius 1 is 1.50 bits per heavy atom. The highest BCUT2D eigenvalue weighted by molar-refractivity contribution is 5.78. The Morgan fingerprint density at radius 3 is 2.64 bits per heavy atom. The lowest BCUT2D eigenvalue weighted by Gasteiger charge is -2.13. The molecule has 82 valence electrons. The van der Waals surface area contributed by atoms with Gasteiger partial charge >= 0.3 is 0 Å². The predicted molar refractivity (Wildman–Crippen MR) is 58.1 cm³/mol. The predicted octanol–water partition coefficient (Wildman–Crippen LogP) is 1.29. The summed E-state index contributed by atoms with van der Waals surface area (Å²) in [5.74, 6) is 0.114. The van der Waals surface area contributed by atoms with Crippen molar-refractivity contribution in [2.45, 2.75) is 46.1 Å². The molecule has 3 heteroatoms. The maximum absolute atomic E-state index is 11.3. The van der Waals surface area contributed by atoms with Crippen LogP contribution in [0, 0.1) is 5.41 Å². The summed E-state index contributed by atoms with van der Waals surface area (Å²) in [6.45, 7) is 7.79. The van der Waals surface area contributed by atoms with E-state index >= 15 is 0 Å². The topological polar surface area (TPSA) is 41.1 Å². The normalized spacial score (nSPS) is 20.2. The molecular formula is C11H22N2O. The van der Waals surface area contributed by atoms with Crippen LogP contribution >= 0.6 is 0 Å². The molecular weight excluding hydrogens is 176 g/mol. The van der Waals surface area contributed by atoms with Gasteiger partial charge in [-0.15, -0.1) is 0 Å². The van der Waals surface area contributed by atoms with Crippen LogP contribution in [0.1, 0.15) is 40.0 Å². The molecule has 1 aliphatic carbocycles. The first-order valence-electron chi connectivity index (χ1n) is 5.56. The minimum atomic E-state index is 0.114. The van der Waals surface area contributed by atoms with Gasteiger partial charge in [-0.1, -0.05) is 13.8 Å². The van der Waals surface area contributed by atoms with E-state index in [0.717, 1.165) is 13.0 Å².